The molecule has 0 radical (unpaired) electrons. The highest BCUT2D eigenvalue weighted by Gasteiger charge is 2.21. The van der Waals surface area contributed by atoms with Crippen LogP contribution in [-0.4, -0.2) is 56.0 Å². The number of nitrogens with two attached hydrogens (primary N) is 1. The SMILES string of the molecule is CN(C)C(=O)c1ccc(N)cc1NCC(C)(C)N(C)C. The van der Waals surface area contributed by atoms with Crippen LogP contribution in [0.5, 0.6) is 0 Å². The minimum absolute atomic E-state index is 0.0248. The lowest BCUT2D eigenvalue weighted by atomic mass is 10.0. The van der Waals surface area contributed by atoms with E-state index in [0.717, 1.165) is 12.2 Å². The largest absolute Gasteiger partial charge is 0.399 e. The smallest absolute Gasteiger partial charge is 0.255 e. The Morgan fingerprint density at radius 1 is 1.25 bits per heavy atom. The molecule has 0 aliphatic heterocycles. The highest BCUT2D eigenvalue weighted by molar-refractivity contribution is 6.00. The first kappa shape index (κ1) is 16.3. The van der Waals surface area contributed by atoms with Gasteiger partial charge in [-0.1, -0.05) is 0 Å². The van der Waals surface area contributed by atoms with E-state index in [1.54, 1.807) is 31.1 Å². The molecule has 0 aromatic heterocycles. The van der Waals surface area contributed by atoms with E-state index in [0.29, 0.717) is 11.3 Å². The summed E-state index contributed by atoms with van der Waals surface area (Å²) in [7, 11) is 7.55. The van der Waals surface area contributed by atoms with E-state index in [9.17, 15) is 4.79 Å². The van der Waals surface area contributed by atoms with Gasteiger partial charge in [0.15, 0.2) is 0 Å². The number of hydrogen-bond acceptors (Lipinski definition) is 4. The molecule has 1 rings (SSSR count). The number of anilines is 2. The van der Waals surface area contributed by atoms with Crippen LogP contribution < -0.4 is 11.1 Å². The van der Waals surface area contributed by atoms with Gasteiger partial charge in [-0.25, -0.2) is 0 Å². The zero-order chi connectivity index (χ0) is 15.5. The van der Waals surface area contributed by atoms with E-state index >= 15 is 0 Å². The zero-order valence-corrected chi connectivity index (χ0v) is 13.3. The van der Waals surface area contributed by atoms with Crippen molar-refractivity contribution in [2.45, 2.75) is 19.4 Å². The normalized spacial score (nSPS) is 11.6. The molecule has 0 atom stereocenters. The van der Waals surface area contributed by atoms with Gasteiger partial charge in [-0.2, -0.15) is 0 Å². The standard InChI is InChI=1S/C15H26N4O/c1-15(2,19(5)6)10-17-13-9-11(16)7-8-12(13)14(20)18(3)4/h7-9,17H,10,16H2,1-6H3. The van der Waals surface area contributed by atoms with Gasteiger partial charge in [0.05, 0.1) is 5.56 Å². The summed E-state index contributed by atoms with van der Waals surface area (Å²) < 4.78 is 0. The summed E-state index contributed by atoms with van der Waals surface area (Å²) in [5.41, 5.74) is 7.86. The third-order valence-electron chi connectivity index (χ3n) is 3.60. The molecule has 112 valence electrons. The summed E-state index contributed by atoms with van der Waals surface area (Å²) in [6.45, 7) is 5.00. The van der Waals surface area contributed by atoms with E-state index in [-0.39, 0.29) is 11.4 Å². The maximum absolute atomic E-state index is 12.2. The number of carbonyl (C=O) groups excluding carboxylic acids is 1. The van der Waals surface area contributed by atoms with Crippen LogP contribution in [0.15, 0.2) is 18.2 Å². The summed E-state index contributed by atoms with van der Waals surface area (Å²) in [6.07, 6.45) is 0. The van der Waals surface area contributed by atoms with Crippen LogP contribution in [0.1, 0.15) is 24.2 Å². The average molecular weight is 278 g/mol. The summed E-state index contributed by atoms with van der Waals surface area (Å²) in [4.78, 5) is 15.9. The molecule has 3 N–H and O–H groups in total. The second-order valence-corrected chi connectivity index (χ2v) is 6.07. The van der Waals surface area contributed by atoms with Gasteiger partial charge in [0, 0.05) is 37.6 Å². The fourth-order valence-corrected chi connectivity index (χ4v) is 1.61. The van der Waals surface area contributed by atoms with Crippen molar-refractivity contribution in [2.24, 2.45) is 0 Å². The summed E-state index contributed by atoms with van der Waals surface area (Å²) >= 11 is 0. The van der Waals surface area contributed by atoms with Crippen molar-refractivity contribution >= 4 is 17.3 Å². The second-order valence-electron chi connectivity index (χ2n) is 6.07. The Bertz CT molecular complexity index is 481. The van der Waals surface area contributed by atoms with Gasteiger partial charge < -0.3 is 20.9 Å². The van der Waals surface area contributed by atoms with Crippen LogP contribution >= 0.6 is 0 Å². The van der Waals surface area contributed by atoms with Crippen LogP contribution in [0, 0.1) is 0 Å². The predicted octanol–water partition coefficient (Wildman–Crippen LogP) is 1.72. The molecule has 20 heavy (non-hydrogen) atoms. The molecule has 0 saturated heterocycles. The average Bonchev–Trinajstić information content (AvgIpc) is 2.35. The maximum Gasteiger partial charge on any atom is 0.255 e. The molecule has 0 heterocycles. The number of likely N-dealkylation sites (N-methyl/N-ethyl adjacent to an activating group) is 1. The monoisotopic (exact) mass is 278 g/mol. The van der Waals surface area contributed by atoms with Crippen molar-refractivity contribution in [1.29, 1.82) is 0 Å². The van der Waals surface area contributed by atoms with E-state index in [2.05, 4.69) is 24.1 Å². The Balaban J connectivity index is 2.99. The van der Waals surface area contributed by atoms with Crippen molar-refractivity contribution in [2.75, 3.05) is 45.8 Å². The molecular formula is C15H26N4O. The van der Waals surface area contributed by atoms with E-state index < -0.39 is 0 Å². The Morgan fingerprint density at radius 3 is 2.35 bits per heavy atom. The number of benzene rings is 1. The highest BCUT2D eigenvalue weighted by Crippen LogP contribution is 2.22. The van der Waals surface area contributed by atoms with Crippen molar-refractivity contribution in [3.8, 4) is 0 Å². The topological polar surface area (TPSA) is 61.6 Å². The van der Waals surface area contributed by atoms with Crippen LogP contribution in [0.2, 0.25) is 0 Å². The molecule has 0 saturated carbocycles. The first-order valence-electron chi connectivity index (χ1n) is 6.67. The lowest BCUT2D eigenvalue weighted by molar-refractivity contribution is 0.0828. The van der Waals surface area contributed by atoms with Gasteiger partial charge in [0.25, 0.3) is 5.91 Å². The van der Waals surface area contributed by atoms with Crippen molar-refractivity contribution in [3.05, 3.63) is 23.8 Å². The van der Waals surface area contributed by atoms with Gasteiger partial charge in [-0.05, 0) is 46.1 Å². The summed E-state index contributed by atoms with van der Waals surface area (Å²) in [5.74, 6) is -0.0323. The quantitative estimate of drug-likeness (QED) is 0.805. The van der Waals surface area contributed by atoms with Gasteiger partial charge in [-0.3, -0.25) is 4.79 Å². The Morgan fingerprint density at radius 2 is 1.85 bits per heavy atom. The number of nitrogens with one attached hydrogen (secondary N) is 1. The second kappa shape index (κ2) is 6.13. The molecule has 0 aliphatic carbocycles. The van der Waals surface area contributed by atoms with Crippen LogP contribution in [0.25, 0.3) is 0 Å². The minimum atomic E-state index is -0.0323. The maximum atomic E-state index is 12.2. The Kier molecular flexibility index (Phi) is 5.00. The fourth-order valence-electron chi connectivity index (χ4n) is 1.61. The van der Waals surface area contributed by atoms with Gasteiger partial charge in [0.2, 0.25) is 0 Å². The van der Waals surface area contributed by atoms with E-state index in [1.165, 1.54) is 0 Å². The van der Waals surface area contributed by atoms with Gasteiger partial charge >= 0.3 is 0 Å². The van der Waals surface area contributed by atoms with Crippen molar-refractivity contribution in [3.63, 3.8) is 0 Å². The number of nitrogen functional groups attached to an aromatic ring is 1. The van der Waals surface area contributed by atoms with Crippen LogP contribution in [0.3, 0.4) is 0 Å². The summed E-state index contributed by atoms with van der Waals surface area (Å²) in [6, 6.07) is 5.32. The van der Waals surface area contributed by atoms with Gasteiger partial charge in [-0.15, -0.1) is 0 Å². The van der Waals surface area contributed by atoms with Crippen LogP contribution in [-0.2, 0) is 0 Å². The molecular weight excluding hydrogens is 252 g/mol. The first-order valence-corrected chi connectivity index (χ1v) is 6.67. The van der Waals surface area contributed by atoms with E-state index in [1.807, 2.05) is 20.2 Å². The predicted molar refractivity (Wildman–Crippen MR) is 85.1 cm³/mol. The molecule has 1 amide bonds. The van der Waals surface area contributed by atoms with Crippen molar-refractivity contribution in [1.82, 2.24) is 9.80 Å². The van der Waals surface area contributed by atoms with Gasteiger partial charge in [0.1, 0.15) is 0 Å². The highest BCUT2D eigenvalue weighted by atomic mass is 16.2. The number of hydrogen-bond donors (Lipinski definition) is 2. The zero-order valence-electron chi connectivity index (χ0n) is 13.3. The third-order valence-corrected chi connectivity index (χ3v) is 3.60. The lowest BCUT2D eigenvalue weighted by Gasteiger charge is -2.33. The molecule has 1 aromatic rings. The molecule has 1 aromatic carbocycles. The Hall–Kier alpha value is -1.75. The number of amides is 1. The molecule has 5 heteroatoms. The Labute approximate surface area is 121 Å². The van der Waals surface area contributed by atoms with Crippen molar-refractivity contribution < 1.29 is 4.79 Å². The fraction of sp³-hybridized carbons (Fsp3) is 0.533. The molecule has 0 fully saturated rings. The number of carbonyl (C=O) groups is 1. The minimum Gasteiger partial charge on any atom is -0.399 e. The molecule has 0 spiro atoms. The first-order chi connectivity index (χ1) is 9.15. The molecule has 5 nitrogen and oxygen atoms in total. The molecule has 0 bridgehead atoms. The third kappa shape index (κ3) is 3.87. The number of rotatable bonds is 5. The van der Waals surface area contributed by atoms with E-state index in [4.69, 9.17) is 5.73 Å². The molecule has 0 unspecified atom stereocenters. The van der Waals surface area contributed by atoms with Crippen LogP contribution in [0.4, 0.5) is 11.4 Å². The molecule has 0 aliphatic rings. The number of nitrogens with zero attached hydrogens (tertiary/aromatic N) is 2. The summed E-state index contributed by atoms with van der Waals surface area (Å²) in [5, 5.41) is 3.34. The lowest BCUT2D eigenvalue weighted by Crippen LogP contribution is -2.44.